The molecule has 0 atom stereocenters. The zero-order valence-electron chi connectivity index (χ0n) is 11.6. The van der Waals surface area contributed by atoms with E-state index in [1.54, 1.807) is 19.2 Å². The lowest BCUT2D eigenvalue weighted by molar-refractivity contribution is -0.114. The number of hydrogen-bond acceptors (Lipinski definition) is 3. The van der Waals surface area contributed by atoms with E-state index in [1.165, 1.54) is 0 Å². The summed E-state index contributed by atoms with van der Waals surface area (Å²) in [5, 5.41) is 5.29. The van der Waals surface area contributed by atoms with Crippen LogP contribution in [0.2, 0.25) is 0 Å². The molecule has 0 bridgehead atoms. The second-order valence-electron chi connectivity index (χ2n) is 4.34. The fourth-order valence-corrected chi connectivity index (χ4v) is 2.01. The normalized spacial score (nSPS) is 10.0. The standard InChI is InChI=1S/C16H16N3O2/c1-18-16(21)12-8-5-9-13(19-14(20)10-17)15(12)11-6-3-2-4-7-11/h2-7,9H,10,17H2,1H3,(H,18,21)(H,19,20). The average molecular weight is 282 g/mol. The summed E-state index contributed by atoms with van der Waals surface area (Å²) in [6.07, 6.45) is 0. The van der Waals surface area contributed by atoms with E-state index in [0.717, 1.165) is 5.56 Å². The van der Waals surface area contributed by atoms with Gasteiger partial charge in [-0.05, 0) is 17.7 Å². The van der Waals surface area contributed by atoms with Crippen molar-refractivity contribution in [3.8, 4) is 11.1 Å². The van der Waals surface area contributed by atoms with E-state index in [2.05, 4.69) is 16.7 Å². The Balaban J connectivity index is 2.60. The van der Waals surface area contributed by atoms with Crippen LogP contribution in [0.15, 0.2) is 42.5 Å². The summed E-state index contributed by atoms with van der Waals surface area (Å²) in [4.78, 5) is 23.6. The summed E-state index contributed by atoms with van der Waals surface area (Å²) >= 11 is 0. The van der Waals surface area contributed by atoms with Crippen molar-refractivity contribution in [3.63, 3.8) is 0 Å². The number of carbonyl (C=O) groups is 2. The third kappa shape index (κ3) is 3.27. The van der Waals surface area contributed by atoms with Crippen molar-refractivity contribution in [3.05, 3.63) is 54.1 Å². The van der Waals surface area contributed by atoms with Crippen molar-refractivity contribution < 1.29 is 9.59 Å². The van der Waals surface area contributed by atoms with Crippen LogP contribution in [0.1, 0.15) is 10.4 Å². The monoisotopic (exact) mass is 282 g/mol. The van der Waals surface area contributed by atoms with Crippen molar-refractivity contribution in [2.24, 2.45) is 5.73 Å². The number of carbonyl (C=O) groups excluding carboxylic acids is 2. The van der Waals surface area contributed by atoms with E-state index in [0.29, 0.717) is 16.8 Å². The molecule has 2 aromatic carbocycles. The summed E-state index contributed by atoms with van der Waals surface area (Å²) in [5.74, 6) is -0.584. The molecule has 0 aliphatic carbocycles. The highest BCUT2D eigenvalue weighted by Gasteiger charge is 2.16. The largest absolute Gasteiger partial charge is 0.355 e. The predicted molar refractivity (Wildman–Crippen MR) is 81.8 cm³/mol. The van der Waals surface area contributed by atoms with E-state index in [9.17, 15) is 9.59 Å². The van der Waals surface area contributed by atoms with Gasteiger partial charge in [-0.2, -0.15) is 0 Å². The highest BCUT2D eigenvalue weighted by atomic mass is 16.2. The van der Waals surface area contributed by atoms with Gasteiger partial charge in [-0.3, -0.25) is 9.59 Å². The molecule has 0 spiro atoms. The number of hydrogen-bond donors (Lipinski definition) is 3. The maximum absolute atomic E-state index is 12.0. The lowest BCUT2D eigenvalue weighted by Crippen LogP contribution is -2.23. The zero-order valence-corrected chi connectivity index (χ0v) is 11.6. The lowest BCUT2D eigenvalue weighted by atomic mass is 9.97. The molecule has 0 fully saturated rings. The fraction of sp³-hybridized carbons (Fsp3) is 0.125. The van der Waals surface area contributed by atoms with Crippen molar-refractivity contribution in [2.75, 3.05) is 18.9 Å². The number of amides is 2. The van der Waals surface area contributed by atoms with Crippen molar-refractivity contribution in [2.45, 2.75) is 0 Å². The van der Waals surface area contributed by atoms with Crippen LogP contribution in [-0.2, 0) is 4.79 Å². The van der Waals surface area contributed by atoms with E-state index in [1.807, 2.05) is 30.3 Å². The lowest BCUT2D eigenvalue weighted by Gasteiger charge is -2.14. The molecule has 2 rings (SSSR count). The Hall–Kier alpha value is -2.66. The van der Waals surface area contributed by atoms with E-state index in [-0.39, 0.29) is 18.4 Å². The van der Waals surface area contributed by atoms with Crippen molar-refractivity contribution in [1.82, 2.24) is 5.32 Å². The minimum absolute atomic E-state index is 0.123. The number of nitrogens with two attached hydrogens (primary N) is 1. The third-order valence-electron chi connectivity index (χ3n) is 2.97. The molecule has 0 saturated carbocycles. The molecule has 0 aliphatic heterocycles. The van der Waals surface area contributed by atoms with Crippen LogP contribution in [0.3, 0.4) is 0 Å². The van der Waals surface area contributed by atoms with Gasteiger partial charge in [-0.25, -0.2) is 0 Å². The summed E-state index contributed by atoms with van der Waals surface area (Å²) in [5.41, 5.74) is 7.69. The van der Waals surface area contributed by atoms with Gasteiger partial charge in [0.15, 0.2) is 0 Å². The van der Waals surface area contributed by atoms with Gasteiger partial charge in [0.1, 0.15) is 0 Å². The molecule has 21 heavy (non-hydrogen) atoms. The van der Waals surface area contributed by atoms with Crippen LogP contribution in [0.5, 0.6) is 0 Å². The maximum Gasteiger partial charge on any atom is 0.252 e. The number of benzene rings is 2. The first-order valence-electron chi connectivity index (χ1n) is 6.49. The Labute approximate surface area is 123 Å². The minimum atomic E-state index is -0.318. The van der Waals surface area contributed by atoms with Crippen LogP contribution in [0.25, 0.3) is 11.1 Å². The molecule has 0 aromatic heterocycles. The second kappa shape index (κ2) is 6.67. The summed E-state index contributed by atoms with van der Waals surface area (Å²) in [7, 11) is 1.55. The van der Waals surface area contributed by atoms with E-state index >= 15 is 0 Å². The molecule has 0 saturated heterocycles. The van der Waals surface area contributed by atoms with Gasteiger partial charge in [0.25, 0.3) is 5.91 Å². The van der Waals surface area contributed by atoms with Crippen LogP contribution in [0, 0.1) is 6.07 Å². The Morgan fingerprint density at radius 2 is 1.90 bits per heavy atom. The number of rotatable bonds is 4. The van der Waals surface area contributed by atoms with Gasteiger partial charge in [0, 0.05) is 18.3 Å². The number of nitrogens with one attached hydrogen (secondary N) is 2. The first-order chi connectivity index (χ1) is 10.2. The Morgan fingerprint density at radius 1 is 1.19 bits per heavy atom. The maximum atomic E-state index is 12.0. The fourth-order valence-electron chi connectivity index (χ4n) is 2.01. The molecular formula is C16H16N3O2. The molecular weight excluding hydrogens is 266 g/mol. The minimum Gasteiger partial charge on any atom is -0.355 e. The number of anilines is 1. The molecule has 5 nitrogen and oxygen atoms in total. The highest BCUT2D eigenvalue weighted by Crippen LogP contribution is 2.31. The SMILES string of the molecule is CNC(=O)c1[c]ccc(NC(=O)CN)c1-c1ccccc1. The molecule has 107 valence electrons. The Bertz CT molecular complexity index is 654. The first-order valence-corrected chi connectivity index (χ1v) is 6.49. The summed E-state index contributed by atoms with van der Waals surface area (Å²) < 4.78 is 0. The smallest absolute Gasteiger partial charge is 0.252 e. The predicted octanol–water partition coefficient (Wildman–Crippen LogP) is 1.41. The Kier molecular flexibility index (Phi) is 4.68. The first kappa shape index (κ1) is 14.7. The average Bonchev–Trinajstić information content (AvgIpc) is 2.54. The molecule has 4 N–H and O–H groups in total. The summed E-state index contributed by atoms with van der Waals surface area (Å²) in [6.45, 7) is -0.123. The molecule has 0 aliphatic rings. The highest BCUT2D eigenvalue weighted by molar-refractivity contribution is 6.06. The van der Waals surface area contributed by atoms with Crippen molar-refractivity contribution >= 4 is 17.5 Å². The Morgan fingerprint density at radius 3 is 2.52 bits per heavy atom. The molecule has 2 amide bonds. The van der Waals surface area contributed by atoms with Gasteiger partial charge >= 0.3 is 0 Å². The van der Waals surface area contributed by atoms with Crippen LogP contribution in [0.4, 0.5) is 5.69 Å². The van der Waals surface area contributed by atoms with Gasteiger partial charge in [0.05, 0.1) is 12.1 Å². The third-order valence-corrected chi connectivity index (χ3v) is 2.97. The zero-order chi connectivity index (χ0) is 15.2. The molecule has 5 heteroatoms. The van der Waals surface area contributed by atoms with Gasteiger partial charge in [-0.1, -0.05) is 36.4 Å². The second-order valence-corrected chi connectivity index (χ2v) is 4.34. The van der Waals surface area contributed by atoms with Crippen molar-refractivity contribution in [1.29, 1.82) is 0 Å². The van der Waals surface area contributed by atoms with Crippen LogP contribution in [-0.4, -0.2) is 25.4 Å². The van der Waals surface area contributed by atoms with Gasteiger partial charge < -0.3 is 16.4 Å². The van der Waals surface area contributed by atoms with E-state index in [4.69, 9.17) is 5.73 Å². The summed E-state index contributed by atoms with van der Waals surface area (Å²) in [6, 6.07) is 15.6. The topological polar surface area (TPSA) is 84.2 Å². The molecule has 0 unspecified atom stereocenters. The quantitative estimate of drug-likeness (QED) is 0.792. The van der Waals surface area contributed by atoms with Gasteiger partial charge in [-0.15, -0.1) is 0 Å². The molecule has 0 heterocycles. The molecule has 2 aromatic rings. The molecule has 1 radical (unpaired) electrons. The van der Waals surface area contributed by atoms with Crippen LogP contribution < -0.4 is 16.4 Å². The van der Waals surface area contributed by atoms with Gasteiger partial charge in [0.2, 0.25) is 5.91 Å². The van der Waals surface area contributed by atoms with E-state index < -0.39 is 0 Å². The van der Waals surface area contributed by atoms with Crippen LogP contribution >= 0.6 is 0 Å².